The van der Waals surface area contributed by atoms with E-state index < -0.39 is 0 Å². The number of carbonyl (C=O) groups excluding carboxylic acids is 2. The van der Waals surface area contributed by atoms with Gasteiger partial charge in [-0.3, -0.25) is 14.5 Å². The SMILES string of the molecule is NC(CCCc1ccccc1)c1ccccc1.O=C1c2ccccc2C(=O)N1C(CCCc1ccccc1)c1ccccc1. The molecule has 1 aliphatic heterocycles. The normalized spacial score (nSPS) is 13.5. The third-order valence-electron chi connectivity index (χ3n) is 8.16. The predicted octanol–water partition coefficient (Wildman–Crippen LogP) is 8.76. The molecule has 0 radical (unpaired) electrons. The van der Waals surface area contributed by atoms with E-state index in [2.05, 4.69) is 54.6 Å². The monoisotopic (exact) mass is 580 g/mol. The summed E-state index contributed by atoms with van der Waals surface area (Å²) in [6.45, 7) is 0. The topological polar surface area (TPSA) is 63.4 Å². The van der Waals surface area contributed by atoms with Gasteiger partial charge in [0.25, 0.3) is 11.8 Å². The fourth-order valence-corrected chi connectivity index (χ4v) is 5.79. The molecule has 2 N–H and O–H groups in total. The molecular weight excluding hydrogens is 540 g/mol. The van der Waals surface area contributed by atoms with E-state index in [-0.39, 0.29) is 23.9 Å². The van der Waals surface area contributed by atoms with Crippen LogP contribution in [0.3, 0.4) is 0 Å². The predicted molar refractivity (Wildman–Crippen MR) is 178 cm³/mol. The molecule has 6 rings (SSSR count). The summed E-state index contributed by atoms with van der Waals surface area (Å²) < 4.78 is 0. The van der Waals surface area contributed by atoms with Crippen LogP contribution in [0.2, 0.25) is 0 Å². The number of carbonyl (C=O) groups is 2. The molecule has 1 heterocycles. The summed E-state index contributed by atoms with van der Waals surface area (Å²) in [5.41, 5.74) is 12.1. The zero-order chi connectivity index (χ0) is 30.6. The minimum Gasteiger partial charge on any atom is -0.324 e. The lowest BCUT2D eigenvalue weighted by molar-refractivity contribution is 0.0572. The van der Waals surface area contributed by atoms with Gasteiger partial charge in [0.05, 0.1) is 17.2 Å². The lowest BCUT2D eigenvalue weighted by atomic mass is 9.97. The number of nitrogens with zero attached hydrogens (tertiary/aromatic N) is 1. The van der Waals surface area contributed by atoms with Crippen molar-refractivity contribution in [2.45, 2.75) is 50.6 Å². The van der Waals surface area contributed by atoms with Crippen molar-refractivity contribution in [1.29, 1.82) is 0 Å². The van der Waals surface area contributed by atoms with Crippen molar-refractivity contribution in [1.82, 2.24) is 4.90 Å². The number of nitrogens with two attached hydrogens (primary N) is 1. The molecule has 5 aromatic carbocycles. The summed E-state index contributed by atoms with van der Waals surface area (Å²) >= 11 is 0. The fourth-order valence-electron chi connectivity index (χ4n) is 5.79. The third-order valence-corrected chi connectivity index (χ3v) is 8.16. The average Bonchev–Trinajstić information content (AvgIpc) is 3.34. The number of hydrogen-bond acceptors (Lipinski definition) is 3. The molecule has 4 heteroatoms. The molecular formula is C40H40N2O2. The molecule has 222 valence electrons. The highest BCUT2D eigenvalue weighted by Gasteiger charge is 2.40. The Morgan fingerprint density at radius 1 is 0.477 bits per heavy atom. The molecule has 2 unspecified atom stereocenters. The van der Waals surface area contributed by atoms with E-state index >= 15 is 0 Å². The molecule has 4 nitrogen and oxygen atoms in total. The number of amides is 2. The number of fused-ring (bicyclic) bond motifs is 1. The Morgan fingerprint density at radius 2 is 0.864 bits per heavy atom. The van der Waals surface area contributed by atoms with Crippen LogP contribution in [-0.2, 0) is 12.8 Å². The van der Waals surface area contributed by atoms with Crippen molar-refractivity contribution < 1.29 is 9.59 Å². The Labute approximate surface area is 261 Å². The summed E-state index contributed by atoms with van der Waals surface area (Å²) in [7, 11) is 0. The number of imide groups is 1. The molecule has 2 amide bonds. The number of aryl methyl sites for hydroxylation is 2. The van der Waals surface area contributed by atoms with E-state index in [4.69, 9.17) is 5.73 Å². The minimum atomic E-state index is -0.248. The zero-order valence-electron chi connectivity index (χ0n) is 25.1. The Morgan fingerprint density at radius 3 is 1.34 bits per heavy atom. The molecule has 0 aromatic heterocycles. The van der Waals surface area contributed by atoms with Crippen LogP contribution in [-0.4, -0.2) is 16.7 Å². The Balaban J connectivity index is 0.000000195. The first kappa shape index (κ1) is 30.7. The zero-order valence-corrected chi connectivity index (χ0v) is 25.1. The molecule has 0 spiro atoms. The van der Waals surface area contributed by atoms with Gasteiger partial charge >= 0.3 is 0 Å². The van der Waals surface area contributed by atoms with Crippen molar-refractivity contribution in [3.05, 3.63) is 179 Å². The van der Waals surface area contributed by atoms with E-state index in [0.717, 1.165) is 44.1 Å². The summed E-state index contributed by atoms with van der Waals surface area (Å²) in [6.07, 6.45) is 5.86. The second-order valence-corrected chi connectivity index (χ2v) is 11.2. The number of hydrogen-bond donors (Lipinski definition) is 1. The minimum absolute atomic E-state index is 0.167. The summed E-state index contributed by atoms with van der Waals surface area (Å²) in [6, 6.07) is 48.1. The van der Waals surface area contributed by atoms with Crippen LogP contribution in [0.4, 0.5) is 0 Å². The molecule has 2 atom stereocenters. The molecule has 0 saturated heterocycles. The van der Waals surface area contributed by atoms with Gasteiger partial charge in [-0.1, -0.05) is 133 Å². The first-order chi connectivity index (χ1) is 21.6. The first-order valence-corrected chi connectivity index (χ1v) is 15.5. The molecule has 5 aromatic rings. The second kappa shape index (κ2) is 15.6. The van der Waals surface area contributed by atoms with Gasteiger partial charge in [0.15, 0.2) is 0 Å². The van der Waals surface area contributed by atoms with Gasteiger partial charge < -0.3 is 5.73 Å². The first-order valence-electron chi connectivity index (χ1n) is 15.5. The highest BCUT2D eigenvalue weighted by atomic mass is 16.2. The standard InChI is InChI=1S/C24H21NO2.C16H19N/c26-23-20-15-7-8-16-21(20)24(27)25(23)22(19-13-5-2-6-14-19)17-9-12-18-10-3-1-4-11-18;17-16(15-11-5-2-6-12-15)13-7-10-14-8-3-1-4-9-14/h1-8,10-11,13-16,22H,9,12,17H2;1-6,8-9,11-12,16H,7,10,13,17H2. The Bertz CT molecular complexity index is 1570. The van der Waals surface area contributed by atoms with E-state index in [0.29, 0.717) is 11.1 Å². The summed E-state index contributed by atoms with van der Waals surface area (Å²) in [5, 5.41) is 0. The Hall–Kier alpha value is -4.80. The van der Waals surface area contributed by atoms with Gasteiger partial charge in [-0.15, -0.1) is 0 Å². The number of benzene rings is 5. The van der Waals surface area contributed by atoms with Crippen LogP contribution in [0.5, 0.6) is 0 Å². The third kappa shape index (κ3) is 7.97. The van der Waals surface area contributed by atoms with E-state index in [9.17, 15) is 9.59 Å². The van der Waals surface area contributed by atoms with Crippen LogP contribution in [0.25, 0.3) is 0 Å². The summed E-state index contributed by atoms with van der Waals surface area (Å²) in [5.74, 6) is -0.381. The Kier molecular flexibility index (Phi) is 10.9. The summed E-state index contributed by atoms with van der Waals surface area (Å²) in [4.78, 5) is 27.4. The van der Waals surface area contributed by atoms with Crippen molar-refractivity contribution in [2.24, 2.45) is 5.73 Å². The highest BCUT2D eigenvalue weighted by Crippen LogP contribution is 2.34. The average molecular weight is 581 g/mol. The van der Waals surface area contributed by atoms with Crippen LogP contribution < -0.4 is 5.73 Å². The lowest BCUT2D eigenvalue weighted by Gasteiger charge is -2.27. The number of rotatable bonds is 11. The molecule has 0 fully saturated rings. The molecule has 44 heavy (non-hydrogen) atoms. The molecule has 0 saturated carbocycles. The van der Waals surface area contributed by atoms with Crippen molar-refractivity contribution in [2.75, 3.05) is 0 Å². The fraction of sp³-hybridized carbons (Fsp3) is 0.200. The maximum absolute atomic E-state index is 13.0. The highest BCUT2D eigenvalue weighted by molar-refractivity contribution is 6.21. The van der Waals surface area contributed by atoms with Gasteiger partial charge in [0.1, 0.15) is 0 Å². The van der Waals surface area contributed by atoms with Crippen LogP contribution in [0, 0.1) is 0 Å². The maximum Gasteiger partial charge on any atom is 0.262 e. The maximum atomic E-state index is 13.0. The smallest absolute Gasteiger partial charge is 0.262 e. The van der Waals surface area contributed by atoms with Gasteiger partial charge in [-0.25, -0.2) is 0 Å². The quantitative estimate of drug-likeness (QED) is 0.159. The molecule has 0 aliphatic carbocycles. The lowest BCUT2D eigenvalue weighted by Crippen LogP contribution is -2.34. The van der Waals surface area contributed by atoms with Crippen LogP contribution in [0.15, 0.2) is 146 Å². The van der Waals surface area contributed by atoms with Gasteiger partial charge in [0.2, 0.25) is 0 Å². The van der Waals surface area contributed by atoms with E-state index in [1.165, 1.54) is 21.6 Å². The van der Waals surface area contributed by atoms with Gasteiger partial charge in [-0.05, 0) is 72.9 Å². The van der Waals surface area contributed by atoms with Crippen LogP contribution in [0.1, 0.15) is 80.7 Å². The van der Waals surface area contributed by atoms with Gasteiger partial charge in [0, 0.05) is 6.04 Å². The van der Waals surface area contributed by atoms with Crippen molar-refractivity contribution >= 4 is 11.8 Å². The van der Waals surface area contributed by atoms with E-state index in [1.807, 2.05) is 66.7 Å². The molecule has 0 bridgehead atoms. The van der Waals surface area contributed by atoms with Gasteiger partial charge in [-0.2, -0.15) is 0 Å². The molecule has 1 aliphatic rings. The second-order valence-electron chi connectivity index (χ2n) is 11.2. The van der Waals surface area contributed by atoms with E-state index in [1.54, 1.807) is 24.3 Å². The van der Waals surface area contributed by atoms with Crippen molar-refractivity contribution in [3.63, 3.8) is 0 Å². The van der Waals surface area contributed by atoms with Crippen molar-refractivity contribution in [3.8, 4) is 0 Å². The van der Waals surface area contributed by atoms with Crippen LogP contribution >= 0.6 is 0 Å². The largest absolute Gasteiger partial charge is 0.324 e.